The number of carbonyl (C=O) groups is 1. The van der Waals surface area contributed by atoms with Gasteiger partial charge in [0.2, 0.25) is 0 Å². The molecule has 1 saturated carbocycles. The molecule has 4 rings (SSSR count). The number of halogens is 1. The Morgan fingerprint density at radius 2 is 2.11 bits per heavy atom. The van der Waals surface area contributed by atoms with Gasteiger partial charge in [0.1, 0.15) is 5.65 Å². The van der Waals surface area contributed by atoms with E-state index in [4.69, 9.17) is 0 Å². The van der Waals surface area contributed by atoms with Gasteiger partial charge >= 0.3 is 0 Å². The van der Waals surface area contributed by atoms with Crippen LogP contribution in [0.3, 0.4) is 0 Å². The first-order valence-electron chi connectivity index (χ1n) is 9.10. The fourth-order valence-electron chi connectivity index (χ4n) is 4.06. The number of amides is 1. The number of aromatic hydroxyl groups is 1. The van der Waals surface area contributed by atoms with Crippen molar-refractivity contribution < 1.29 is 9.90 Å². The van der Waals surface area contributed by atoms with Crippen molar-refractivity contribution in [2.75, 3.05) is 7.05 Å². The van der Waals surface area contributed by atoms with Crippen LogP contribution in [0.5, 0.6) is 5.75 Å². The zero-order chi connectivity index (χ0) is 19.9. The summed E-state index contributed by atoms with van der Waals surface area (Å²) >= 11 is 3.62. The third kappa shape index (κ3) is 2.99. The van der Waals surface area contributed by atoms with Crippen LogP contribution >= 0.6 is 15.9 Å². The van der Waals surface area contributed by atoms with Crippen molar-refractivity contribution in [3.8, 4) is 5.75 Å². The molecule has 0 radical (unpaired) electrons. The Kier molecular flexibility index (Phi) is 4.70. The second kappa shape index (κ2) is 7.05. The molecular weight excluding hydrogens is 426 g/mol. The lowest BCUT2D eigenvalue weighted by molar-refractivity contribution is 0.0952. The molecular formula is C19H20BrN5O3. The number of hydrogen-bond donors (Lipinski definition) is 2. The van der Waals surface area contributed by atoms with Crippen LogP contribution in [0.1, 0.15) is 36.2 Å². The molecule has 146 valence electrons. The van der Waals surface area contributed by atoms with E-state index < -0.39 is 17.1 Å². The quantitative estimate of drug-likeness (QED) is 0.641. The monoisotopic (exact) mass is 445 g/mol. The smallest absolute Gasteiger partial charge is 0.275 e. The van der Waals surface area contributed by atoms with Crippen molar-refractivity contribution in [2.24, 2.45) is 0 Å². The Bertz CT molecular complexity index is 1110. The molecule has 3 heterocycles. The second-order valence-electron chi connectivity index (χ2n) is 7.12. The molecule has 28 heavy (non-hydrogen) atoms. The highest BCUT2D eigenvalue weighted by Gasteiger charge is 2.38. The lowest BCUT2D eigenvalue weighted by Gasteiger charge is -2.32. The number of fused-ring (bicyclic) bond motifs is 1. The van der Waals surface area contributed by atoms with Gasteiger partial charge in [0.05, 0.1) is 18.3 Å². The highest BCUT2D eigenvalue weighted by Crippen LogP contribution is 2.41. The Balaban J connectivity index is 1.83. The van der Waals surface area contributed by atoms with Gasteiger partial charge in [-0.3, -0.25) is 14.3 Å². The third-order valence-corrected chi connectivity index (χ3v) is 6.04. The summed E-state index contributed by atoms with van der Waals surface area (Å²) in [6, 6.07) is 3.91. The second-order valence-corrected chi connectivity index (χ2v) is 7.98. The first-order valence-corrected chi connectivity index (χ1v) is 9.89. The standard InChI is InChI=1S/C19H20BrN5O3/c1-21-18(28)15-16(27)14(26)10-24(23-15)11-19(6-2-3-7-19)25-9-13(20)12-5-4-8-22-17(12)25/h4-5,8-10,26H,2-3,6-7,11H2,1H3,(H,21,28). The summed E-state index contributed by atoms with van der Waals surface area (Å²) < 4.78 is 4.62. The lowest BCUT2D eigenvalue weighted by Crippen LogP contribution is -2.37. The van der Waals surface area contributed by atoms with Gasteiger partial charge in [0.15, 0.2) is 11.4 Å². The number of rotatable bonds is 4. The fourth-order valence-corrected chi connectivity index (χ4v) is 4.58. The summed E-state index contributed by atoms with van der Waals surface area (Å²) in [6.45, 7) is 0.414. The van der Waals surface area contributed by atoms with Gasteiger partial charge < -0.3 is 15.0 Å². The number of pyridine rings is 1. The van der Waals surface area contributed by atoms with Crippen LogP contribution in [-0.4, -0.2) is 37.4 Å². The summed E-state index contributed by atoms with van der Waals surface area (Å²) in [5.74, 6) is -1.11. The number of carbonyl (C=O) groups excluding carboxylic acids is 1. The van der Waals surface area contributed by atoms with Gasteiger partial charge in [-0.25, -0.2) is 4.98 Å². The maximum atomic E-state index is 12.1. The van der Waals surface area contributed by atoms with Crippen LogP contribution in [-0.2, 0) is 12.1 Å². The zero-order valence-electron chi connectivity index (χ0n) is 15.4. The minimum Gasteiger partial charge on any atom is -0.503 e. The number of nitrogens with one attached hydrogen (secondary N) is 1. The van der Waals surface area contributed by atoms with Crippen LogP contribution in [0.25, 0.3) is 11.0 Å². The lowest BCUT2D eigenvalue weighted by atomic mass is 9.97. The fraction of sp³-hybridized carbons (Fsp3) is 0.368. The summed E-state index contributed by atoms with van der Waals surface area (Å²) in [4.78, 5) is 28.6. The topological polar surface area (TPSA) is 102 Å². The van der Waals surface area contributed by atoms with Gasteiger partial charge in [-0.2, -0.15) is 5.10 Å². The molecule has 1 amide bonds. The molecule has 3 aromatic heterocycles. The normalized spacial score (nSPS) is 15.8. The van der Waals surface area contributed by atoms with Crippen molar-refractivity contribution >= 4 is 32.9 Å². The summed E-state index contributed by atoms with van der Waals surface area (Å²) in [5.41, 5.74) is -0.528. The van der Waals surface area contributed by atoms with Crippen molar-refractivity contribution in [3.05, 3.63) is 51.1 Å². The van der Waals surface area contributed by atoms with Crippen LogP contribution in [0.2, 0.25) is 0 Å². The molecule has 1 aliphatic rings. The predicted molar refractivity (Wildman–Crippen MR) is 107 cm³/mol. The van der Waals surface area contributed by atoms with Crippen LogP contribution < -0.4 is 10.7 Å². The number of nitrogens with zero attached hydrogens (tertiary/aromatic N) is 4. The molecule has 9 heteroatoms. The summed E-state index contributed by atoms with van der Waals surface area (Å²) in [7, 11) is 1.42. The number of hydrogen-bond acceptors (Lipinski definition) is 5. The van der Waals surface area contributed by atoms with E-state index in [0.717, 1.165) is 41.2 Å². The van der Waals surface area contributed by atoms with Crippen LogP contribution in [0.4, 0.5) is 0 Å². The molecule has 8 nitrogen and oxygen atoms in total. The first kappa shape index (κ1) is 18.7. The molecule has 3 aromatic rings. The van der Waals surface area contributed by atoms with Crippen molar-refractivity contribution in [3.63, 3.8) is 0 Å². The van der Waals surface area contributed by atoms with Gasteiger partial charge in [0, 0.05) is 29.3 Å². The molecule has 2 N–H and O–H groups in total. The summed E-state index contributed by atoms with van der Waals surface area (Å²) in [5, 5.41) is 17.7. The average molecular weight is 446 g/mol. The predicted octanol–water partition coefficient (Wildman–Crippen LogP) is 2.39. The molecule has 0 aliphatic heterocycles. The SMILES string of the molecule is CNC(=O)c1nn(CC2(n3cc(Br)c4cccnc43)CCCC2)cc(O)c1=O. The maximum absolute atomic E-state index is 12.1. The minimum atomic E-state index is -0.771. The first-order chi connectivity index (χ1) is 13.4. The molecule has 1 fully saturated rings. The highest BCUT2D eigenvalue weighted by atomic mass is 79.9. The Morgan fingerprint density at radius 3 is 2.82 bits per heavy atom. The molecule has 0 aromatic carbocycles. The maximum Gasteiger partial charge on any atom is 0.275 e. The van der Waals surface area contributed by atoms with Crippen molar-refractivity contribution in [1.29, 1.82) is 0 Å². The molecule has 0 atom stereocenters. The minimum absolute atomic E-state index is 0.312. The van der Waals surface area contributed by atoms with E-state index in [1.807, 2.05) is 18.3 Å². The van der Waals surface area contributed by atoms with E-state index >= 15 is 0 Å². The Morgan fingerprint density at radius 1 is 1.36 bits per heavy atom. The van der Waals surface area contributed by atoms with Crippen LogP contribution in [0, 0.1) is 0 Å². The van der Waals surface area contributed by atoms with E-state index in [2.05, 4.69) is 35.9 Å². The highest BCUT2D eigenvalue weighted by molar-refractivity contribution is 9.10. The molecule has 0 bridgehead atoms. The largest absolute Gasteiger partial charge is 0.503 e. The van der Waals surface area contributed by atoms with Crippen LogP contribution in [0.15, 0.2) is 40.0 Å². The van der Waals surface area contributed by atoms with E-state index in [0.29, 0.717) is 6.54 Å². The Hall–Kier alpha value is -2.68. The van der Waals surface area contributed by atoms with Crippen molar-refractivity contribution in [1.82, 2.24) is 24.6 Å². The molecule has 0 saturated heterocycles. The Labute approximate surface area is 169 Å². The van der Waals surface area contributed by atoms with E-state index in [1.165, 1.54) is 17.9 Å². The summed E-state index contributed by atoms with van der Waals surface area (Å²) in [6.07, 6.45) is 9.01. The molecule has 0 spiro atoms. The third-order valence-electron chi connectivity index (χ3n) is 5.41. The van der Waals surface area contributed by atoms with Gasteiger partial charge in [-0.1, -0.05) is 12.8 Å². The average Bonchev–Trinajstić information content (AvgIpc) is 3.30. The molecule has 0 unspecified atom stereocenters. The van der Waals surface area contributed by atoms with Gasteiger partial charge in [-0.05, 0) is 40.9 Å². The molecule has 1 aliphatic carbocycles. The van der Waals surface area contributed by atoms with Gasteiger partial charge in [0.25, 0.3) is 11.3 Å². The van der Waals surface area contributed by atoms with Crippen molar-refractivity contribution in [2.45, 2.75) is 37.8 Å². The van der Waals surface area contributed by atoms with E-state index in [9.17, 15) is 14.7 Å². The van der Waals surface area contributed by atoms with E-state index in [-0.39, 0.29) is 11.2 Å². The zero-order valence-corrected chi connectivity index (χ0v) is 16.9. The van der Waals surface area contributed by atoms with E-state index in [1.54, 1.807) is 6.20 Å². The number of aromatic nitrogens is 4. The van der Waals surface area contributed by atoms with Gasteiger partial charge in [-0.15, -0.1) is 0 Å².